The number of unbranched alkanes of at least 4 members (excludes halogenated alkanes) is 31. The van der Waals surface area contributed by atoms with Crippen LogP contribution in [0.4, 0.5) is 0 Å². The third kappa shape index (κ3) is 62.6. The molecule has 0 aliphatic heterocycles. The Morgan fingerprint density at radius 2 is 0.483 bits per heavy atom. The Bertz CT molecular complexity index is 1730. The lowest BCUT2D eigenvalue weighted by molar-refractivity contribution is -0.161. The molecule has 3 unspecified atom stereocenters. The van der Waals surface area contributed by atoms with Crippen molar-refractivity contribution in [3.63, 3.8) is 0 Å². The number of hydrogen-bond acceptors (Lipinski definition) is 15. The summed E-state index contributed by atoms with van der Waals surface area (Å²) in [5, 5.41) is 10.6. The quantitative estimate of drug-likeness (QED) is 0.0222. The molecule has 0 aromatic carbocycles. The molecule has 0 aliphatic rings. The van der Waals surface area contributed by atoms with Crippen molar-refractivity contribution in [3.8, 4) is 0 Å². The Balaban J connectivity index is 5.17. The largest absolute Gasteiger partial charge is 0.472 e. The summed E-state index contributed by atoms with van der Waals surface area (Å²) in [6, 6.07) is 0. The molecule has 0 saturated heterocycles. The van der Waals surface area contributed by atoms with Gasteiger partial charge in [0, 0.05) is 25.7 Å². The second-order valence-electron chi connectivity index (χ2n) is 26.5. The average Bonchev–Trinajstić information content (AvgIpc) is 3.67. The number of aliphatic hydroxyl groups is 1. The van der Waals surface area contributed by atoms with E-state index in [4.69, 9.17) is 37.0 Å². The van der Waals surface area contributed by atoms with Gasteiger partial charge < -0.3 is 33.8 Å². The van der Waals surface area contributed by atoms with Crippen LogP contribution in [-0.2, 0) is 65.4 Å². The standard InChI is InChI=1S/C68H132O17P2/c1-58(2)44-36-28-20-17-15-13-11-9-10-12-14-16-18-22-34-42-50-67(72)84-63(54-78-65(70)48-40-32-26-24-30-38-46-60(5)6)56-82-86(74,75)80-52-62(69)53-81-87(76,77)83-57-64(55-79-66(71)49-41-33-27-25-31-39-47-61(7)8)85-68(73)51-43-35-23-19-21-29-37-45-59(3)4/h58-64,69H,9-57H2,1-8H3,(H,74,75)(H,76,77)/t62?,63-,64-/m1/s1. The number of hydrogen-bond donors (Lipinski definition) is 3. The van der Waals surface area contributed by atoms with E-state index in [0.717, 1.165) is 109 Å². The highest BCUT2D eigenvalue weighted by Crippen LogP contribution is 2.45. The zero-order valence-corrected chi connectivity index (χ0v) is 58.4. The first-order valence-electron chi connectivity index (χ1n) is 35.2. The van der Waals surface area contributed by atoms with Crippen LogP contribution in [-0.4, -0.2) is 96.7 Å². The van der Waals surface area contributed by atoms with E-state index in [1.54, 1.807) is 0 Å². The Morgan fingerprint density at radius 3 is 0.713 bits per heavy atom. The van der Waals surface area contributed by atoms with Crippen LogP contribution in [0.15, 0.2) is 0 Å². The van der Waals surface area contributed by atoms with Gasteiger partial charge in [-0.1, -0.05) is 280 Å². The first-order valence-corrected chi connectivity index (χ1v) is 38.2. The monoisotopic (exact) mass is 1280 g/mol. The summed E-state index contributed by atoms with van der Waals surface area (Å²) < 4.78 is 68.1. The highest BCUT2D eigenvalue weighted by molar-refractivity contribution is 7.47. The van der Waals surface area contributed by atoms with Gasteiger partial charge in [-0.15, -0.1) is 0 Å². The van der Waals surface area contributed by atoms with E-state index in [0.29, 0.717) is 43.4 Å². The second-order valence-corrected chi connectivity index (χ2v) is 29.4. The number of carbonyl (C=O) groups is 4. The Morgan fingerprint density at radius 1 is 0.287 bits per heavy atom. The van der Waals surface area contributed by atoms with Gasteiger partial charge in [0.15, 0.2) is 12.2 Å². The fourth-order valence-electron chi connectivity index (χ4n) is 10.1. The van der Waals surface area contributed by atoms with Gasteiger partial charge in [-0.05, 0) is 49.4 Å². The number of ether oxygens (including phenoxy) is 4. The number of carbonyl (C=O) groups excluding carboxylic acids is 4. The molecule has 0 fully saturated rings. The van der Waals surface area contributed by atoms with E-state index in [1.165, 1.54) is 122 Å². The smallest absolute Gasteiger partial charge is 0.462 e. The van der Waals surface area contributed by atoms with Crippen molar-refractivity contribution in [2.24, 2.45) is 23.7 Å². The van der Waals surface area contributed by atoms with E-state index in [1.807, 2.05) is 0 Å². The molecule has 0 aromatic rings. The minimum atomic E-state index is -4.95. The van der Waals surface area contributed by atoms with Crippen LogP contribution < -0.4 is 0 Å². The Labute approximate surface area is 530 Å². The third-order valence-corrected chi connectivity index (χ3v) is 17.5. The van der Waals surface area contributed by atoms with Crippen LogP contribution in [0.3, 0.4) is 0 Å². The molecule has 87 heavy (non-hydrogen) atoms. The van der Waals surface area contributed by atoms with Crippen molar-refractivity contribution in [2.45, 2.75) is 350 Å². The van der Waals surface area contributed by atoms with E-state index < -0.39 is 97.5 Å². The molecule has 0 heterocycles. The summed E-state index contributed by atoms with van der Waals surface area (Å²) in [5.74, 6) is 0.725. The van der Waals surface area contributed by atoms with Gasteiger partial charge in [0.05, 0.1) is 26.4 Å². The van der Waals surface area contributed by atoms with E-state index in [9.17, 15) is 43.2 Å². The number of rotatable bonds is 65. The molecule has 17 nitrogen and oxygen atoms in total. The molecule has 19 heteroatoms. The third-order valence-electron chi connectivity index (χ3n) is 15.6. The molecule has 0 amide bonds. The fraction of sp³-hybridized carbons (Fsp3) is 0.941. The molecule has 0 aromatic heterocycles. The van der Waals surface area contributed by atoms with Crippen molar-refractivity contribution < 1.29 is 80.2 Å². The van der Waals surface area contributed by atoms with Gasteiger partial charge in [-0.3, -0.25) is 37.3 Å². The van der Waals surface area contributed by atoms with Crippen molar-refractivity contribution in [3.05, 3.63) is 0 Å². The second kappa shape index (κ2) is 57.9. The predicted octanol–water partition coefficient (Wildman–Crippen LogP) is 18.9. The molecule has 5 atom stereocenters. The first-order chi connectivity index (χ1) is 41.6. The fourth-order valence-corrected chi connectivity index (χ4v) is 11.7. The van der Waals surface area contributed by atoms with Gasteiger partial charge in [0.1, 0.15) is 19.3 Å². The lowest BCUT2D eigenvalue weighted by Gasteiger charge is -2.21. The van der Waals surface area contributed by atoms with Crippen LogP contribution in [0.5, 0.6) is 0 Å². The van der Waals surface area contributed by atoms with Crippen molar-refractivity contribution in [2.75, 3.05) is 39.6 Å². The van der Waals surface area contributed by atoms with Gasteiger partial charge in [0.2, 0.25) is 0 Å². The summed E-state index contributed by atoms with van der Waals surface area (Å²) in [4.78, 5) is 72.3. The number of phosphoric acid groups is 2. The van der Waals surface area contributed by atoms with Gasteiger partial charge >= 0.3 is 39.5 Å². The summed E-state index contributed by atoms with van der Waals surface area (Å²) in [5.41, 5.74) is 0. The SMILES string of the molecule is CC(C)CCCCCCCCCCCCCCCCCCC(=O)O[C@H](COC(=O)CCCCCCCCC(C)C)COP(=O)(O)OCC(O)COP(=O)(O)OC[C@@H](COC(=O)CCCCCCCCC(C)C)OC(=O)CCCCCCCCCC(C)C. The van der Waals surface area contributed by atoms with Crippen molar-refractivity contribution in [1.82, 2.24) is 0 Å². The highest BCUT2D eigenvalue weighted by Gasteiger charge is 2.30. The zero-order chi connectivity index (χ0) is 64.7. The number of esters is 4. The molecule has 0 radical (unpaired) electrons. The molecule has 516 valence electrons. The molecule has 0 spiro atoms. The minimum absolute atomic E-state index is 0.102. The molecule has 0 bridgehead atoms. The maximum atomic E-state index is 13.0. The van der Waals surface area contributed by atoms with Crippen molar-refractivity contribution >= 4 is 39.5 Å². The van der Waals surface area contributed by atoms with Crippen LogP contribution in [0.2, 0.25) is 0 Å². The minimum Gasteiger partial charge on any atom is -0.462 e. The molecule has 0 saturated carbocycles. The lowest BCUT2D eigenvalue weighted by atomic mass is 10.0. The van der Waals surface area contributed by atoms with Gasteiger partial charge in [-0.2, -0.15) is 0 Å². The maximum absolute atomic E-state index is 13.0. The van der Waals surface area contributed by atoms with Crippen LogP contribution in [0, 0.1) is 23.7 Å². The average molecular weight is 1280 g/mol. The molecular formula is C68H132O17P2. The zero-order valence-electron chi connectivity index (χ0n) is 56.6. The number of aliphatic hydroxyl groups excluding tert-OH is 1. The van der Waals surface area contributed by atoms with E-state index >= 15 is 0 Å². The summed E-state index contributed by atoms with van der Waals surface area (Å²) in [6.07, 6.45) is 39.5. The summed E-state index contributed by atoms with van der Waals surface area (Å²) in [6.45, 7) is 13.9. The van der Waals surface area contributed by atoms with Crippen LogP contribution in [0.1, 0.15) is 331 Å². The Hall–Kier alpha value is -1.94. The number of phosphoric ester groups is 2. The Kier molecular flexibility index (Phi) is 56.6. The van der Waals surface area contributed by atoms with Gasteiger partial charge in [-0.25, -0.2) is 9.13 Å². The first kappa shape index (κ1) is 85.1. The molecule has 0 aliphatic carbocycles. The maximum Gasteiger partial charge on any atom is 0.472 e. The van der Waals surface area contributed by atoms with E-state index in [2.05, 4.69) is 55.4 Å². The molecular weight excluding hydrogens is 1150 g/mol. The predicted molar refractivity (Wildman–Crippen MR) is 349 cm³/mol. The molecule has 3 N–H and O–H groups in total. The van der Waals surface area contributed by atoms with E-state index in [-0.39, 0.29) is 25.7 Å². The summed E-state index contributed by atoms with van der Waals surface area (Å²) in [7, 11) is -9.89. The van der Waals surface area contributed by atoms with Crippen LogP contribution >= 0.6 is 15.6 Å². The van der Waals surface area contributed by atoms with Gasteiger partial charge in [0.25, 0.3) is 0 Å². The summed E-state index contributed by atoms with van der Waals surface area (Å²) >= 11 is 0. The van der Waals surface area contributed by atoms with Crippen molar-refractivity contribution in [1.29, 1.82) is 0 Å². The van der Waals surface area contributed by atoms with Crippen LogP contribution in [0.25, 0.3) is 0 Å². The molecule has 0 rings (SSSR count). The highest BCUT2D eigenvalue weighted by atomic mass is 31.2. The normalized spacial score (nSPS) is 14.3. The topological polar surface area (TPSA) is 237 Å². The lowest BCUT2D eigenvalue weighted by Crippen LogP contribution is -2.30.